The minimum Gasteiger partial charge on any atom is -0.352 e. The number of hydrogen-bond acceptors (Lipinski definition) is 2. The van der Waals surface area contributed by atoms with Gasteiger partial charge in [0.25, 0.3) is 11.8 Å². The van der Waals surface area contributed by atoms with Gasteiger partial charge in [-0.15, -0.1) is 0 Å². The van der Waals surface area contributed by atoms with E-state index in [4.69, 9.17) is 0 Å². The molecule has 0 radical (unpaired) electrons. The molecule has 1 aromatic rings. The maximum atomic E-state index is 11.9. The van der Waals surface area contributed by atoms with Crippen LogP contribution in [0, 0.1) is 5.92 Å². The second-order valence-corrected chi connectivity index (χ2v) is 5.43. The van der Waals surface area contributed by atoms with Crippen molar-refractivity contribution in [1.82, 2.24) is 10.6 Å². The summed E-state index contributed by atoms with van der Waals surface area (Å²) in [4.78, 5) is 23.8. The maximum absolute atomic E-state index is 11.9. The first-order valence-electron chi connectivity index (χ1n) is 6.75. The summed E-state index contributed by atoms with van der Waals surface area (Å²) >= 11 is 0. The van der Waals surface area contributed by atoms with Gasteiger partial charge in [-0.1, -0.05) is 19.9 Å². The van der Waals surface area contributed by atoms with Crippen LogP contribution in [0.5, 0.6) is 0 Å². The third-order valence-electron chi connectivity index (χ3n) is 2.97. The van der Waals surface area contributed by atoms with Crippen LogP contribution >= 0.6 is 0 Å². The molecular formula is C15H20N2O2. The molecule has 2 rings (SSSR count). The van der Waals surface area contributed by atoms with Gasteiger partial charge in [-0.2, -0.15) is 0 Å². The van der Waals surface area contributed by atoms with Crippen molar-refractivity contribution in [3.63, 3.8) is 0 Å². The van der Waals surface area contributed by atoms with E-state index >= 15 is 0 Å². The molecule has 4 nitrogen and oxygen atoms in total. The fourth-order valence-corrected chi connectivity index (χ4v) is 1.70. The van der Waals surface area contributed by atoms with Crippen molar-refractivity contribution in [2.24, 2.45) is 5.92 Å². The average Bonchev–Trinajstić information content (AvgIpc) is 3.20. The number of carbonyl (C=O) groups is 2. The van der Waals surface area contributed by atoms with Crippen LogP contribution in [0.25, 0.3) is 0 Å². The maximum Gasteiger partial charge on any atom is 0.251 e. The fourth-order valence-electron chi connectivity index (χ4n) is 1.70. The summed E-state index contributed by atoms with van der Waals surface area (Å²) in [6.45, 7) is 4.72. The highest BCUT2D eigenvalue weighted by molar-refractivity contribution is 5.99. The van der Waals surface area contributed by atoms with E-state index in [0.29, 0.717) is 29.6 Å². The second-order valence-electron chi connectivity index (χ2n) is 5.43. The van der Waals surface area contributed by atoms with E-state index in [9.17, 15) is 9.59 Å². The molecule has 0 atom stereocenters. The lowest BCUT2D eigenvalue weighted by Gasteiger charge is -2.09. The first-order chi connectivity index (χ1) is 9.06. The zero-order valence-electron chi connectivity index (χ0n) is 11.4. The monoisotopic (exact) mass is 260 g/mol. The lowest BCUT2D eigenvalue weighted by molar-refractivity contribution is 0.0949. The molecule has 0 unspecified atom stereocenters. The number of rotatable bonds is 5. The zero-order valence-corrected chi connectivity index (χ0v) is 11.4. The normalized spacial score (nSPS) is 14.3. The predicted molar refractivity (Wildman–Crippen MR) is 74.1 cm³/mol. The third kappa shape index (κ3) is 4.09. The van der Waals surface area contributed by atoms with Crippen LogP contribution in [0.2, 0.25) is 0 Å². The van der Waals surface area contributed by atoms with E-state index in [2.05, 4.69) is 10.6 Å². The van der Waals surface area contributed by atoms with Crippen LogP contribution in [-0.4, -0.2) is 24.4 Å². The summed E-state index contributed by atoms with van der Waals surface area (Å²) < 4.78 is 0. The third-order valence-corrected chi connectivity index (χ3v) is 2.97. The van der Waals surface area contributed by atoms with Gasteiger partial charge in [-0.25, -0.2) is 0 Å². The first-order valence-corrected chi connectivity index (χ1v) is 6.75. The van der Waals surface area contributed by atoms with Gasteiger partial charge >= 0.3 is 0 Å². The topological polar surface area (TPSA) is 58.2 Å². The molecular weight excluding hydrogens is 240 g/mol. The Hall–Kier alpha value is -1.84. The van der Waals surface area contributed by atoms with Crippen molar-refractivity contribution in [3.8, 4) is 0 Å². The van der Waals surface area contributed by atoms with E-state index in [0.717, 1.165) is 12.8 Å². The molecule has 1 fully saturated rings. The minimum atomic E-state index is -0.130. The second kappa shape index (κ2) is 5.87. The lowest BCUT2D eigenvalue weighted by Crippen LogP contribution is -2.28. The highest BCUT2D eigenvalue weighted by atomic mass is 16.2. The van der Waals surface area contributed by atoms with Gasteiger partial charge < -0.3 is 10.6 Å². The molecule has 1 aliphatic carbocycles. The summed E-state index contributed by atoms with van der Waals surface area (Å²) in [5.41, 5.74) is 1.08. The van der Waals surface area contributed by atoms with Gasteiger partial charge in [-0.3, -0.25) is 9.59 Å². The van der Waals surface area contributed by atoms with Gasteiger partial charge in [0.05, 0.1) is 0 Å². The molecule has 0 bridgehead atoms. The quantitative estimate of drug-likeness (QED) is 0.850. The van der Waals surface area contributed by atoms with Crippen LogP contribution in [0.1, 0.15) is 47.4 Å². The Morgan fingerprint density at radius 3 is 2.42 bits per heavy atom. The SMILES string of the molecule is CC(C)CNC(=O)c1cccc(C(=O)NC2CC2)c1. The number of benzene rings is 1. The number of hydrogen-bond donors (Lipinski definition) is 2. The van der Waals surface area contributed by atoms with E-state index in [-0.39, 0.29) is 11.8 Å². The summed E-state index contributed by atoms with van der Waals surface area (Å²) in [6.07, 6.45) is 2.11. The van der Waals surface area contributed by atoms with Gasteiger partial charge in [0.2, 0.25) is 0 Å². The van der Waals surface area contributed by atoms with Crippen molar-refractivity contribution in [2.45, 2.75) is 32.7 Å². The van der Waals surface area contributed by atoms with E-state index in [1.165, 1.54) is 0 Å². The Balaban J connectivity index is 2.01. The molecule has 102 valence electrons. The highest BCUT2D eigenvalue weighted by Gasteiger charge is 2.24. The molecule has 0 heterocycles. The zero-order chi connectivity index (χ0) is 13.8. The van der Waals surface area contributed by atoms with Crippen molar-refractivity contribution in [2.75, 3.05) is 6.54 Å². The molecule has 1 saturated carbocycles. The van der Waals surface area contributed by atoms with Crippen molar-refractivity contribution >= 4 is 11.8 Å². The average molecular weight is 260 g/mol. The van der Waals surface area contributed by atoms with Gasteiger partial charge in [0, 0.05) is 23.7 Å². The van der Waals surface area contributed by atoms with Crippen molar-refractivity contribution in [3.05, 3.63) is 35.4 Å². The smallest absolute Gasteiger partial charge is 0.251 e. The highest BCUT2D eigenvalue weighted by Crippen LogP contribution is 2.19. The predicted octanol–water partition coefficient (Wildman–Crippen LogP) is 1.96. The lowest BCUT2D eigenvalue weighted by atomic mass is 10.1. The summed E-state index contributed by atoms with van der Waals surface area (Å²) in [5, 5.41) is 5.76. The van der Waals surface area contributed by atoms with Crippen LogP contribution in [0.15, 0.2) is 24.3 Å². The Morgan fingerprint density at radius 2 is 1.84 bits per heavy atom. The summed E-state index contributed by atoms with van der Waals surface area (Å²) in [5.74, 6) is 0.182. The van der Waals surface area contributed by atoms with Gasteiger partial charge in [0.15, 0.2) is 0 Å². The summed E-state index contributed by atoms with van der Waals surface area (Å²) in [7, 11) is 0. The van der Waals surface area contributed by atoms with Gasteiger partial charge in [-0.05, 0) is 37.0 Å². The first kappa shape index (κ1) is 13.6. The number of carbonyl (C=O) groups excluding carboxylic acids is 2. The van der Waals surface area contributed by atoms with Crippen molar-refractivity contribution < 1.29 is 9.59 Å². The minimum absolute atomic E-state index is 0.0963. The van der Waals surface area contributed by atoms with Crippen LogP contribution in [-0.2, 0) is 0 Å². The Kier molecular flexibility index (Phi) is 4.20. The molecule has 0 saturated heterocycles. The Bertz CT molecular complexity index is 479. The molecule has 1 aromatic carbocycles. The Labute approximate surface area is 113 Å². The van der Waals surface area contributed by atoms with Gasteiger partial charge in [0.1, 0.15) is 0 Å². The molecule has 1 aliphatic rings. The van der Waals surface area contributed by atoms with Crippen LogP contribution in [0.3, 0.4) is 0 Å². The molecule has 4 heteroatoms. The summed E-state index contributed by atoms with van der Waals surface area (Å²) in [6, 6.07) is 7.17. The largest absolute Gasteiger partial charge is 0.352 e. The molecule has 2 amide bonds. The fraction of sp³-hybridized carbons (Fsp3) is 0.467. The molecule has 0 spiro atoms. The van der Waals surface area contributed by atoms with Crippen LogP contribution in [0.4, 0.5) is 0 Å². The van der Waals surface area contributed by atoms with Crippen molar-refractivity contribution in [1.29, 1.82) is 0 Å². The van der Waals surface area contributed by atoms with E-state index in [1.807, 2.05) is 13.8 Å². The molecule has 19 heavy (non-hydrogen) atoms. The molecule has 2 N–H and O–H groups in total. The standard InChI is InChI=1S/C15H20N2O2/c1-10(2)9-16-14(18)11-4-3-5-12(8-11)15(19)17-13-6-7-13/h3-5,8,10,13H,6-7,9H2,1-2H3,(H,16,18)(H,17,19). The molecule has 0 aliphatic heterocycles. The Morgan fingerprint density at radius 1 is 1.21 bits per heavy atom. The van der Waals surface area contributed by atoms with E-state index < -0.39 is 0 Å². The number of nitrogens with one attached hydrogen (secondary N) is 2. The van der Waals surface area contributed by atoms with E-state index in [1.54, 1.807) is 24.3 Å². The van der Waals surface area contributed by atoms with Crippen LogP contribution < -0.4 is 10.6 Å². The molecule has 0 aromatic heterocycles. The number of amides is 2.